The second-order valence-corrected chi connectivity index (χ2v) is 9.28. The topological polar surface area (TPSA) is 76.5 Å². The van der Waals surface area contributed by atoms with Gasteiger partial charge in [-0.05, 0) is 31.4 Å². The van der Waals surface area contributed by atoms with Gasteiger partial charge in [0.25, 0.3) is 5.91 Å². The van der Waals surface area contributed by atoms with Crippen LogP contribution in [0.4, 0.5) is 4.39 Å². The molecule has 3 aromatic rings. The van der Waals surface area contributed by atoms with Gasteiger partial charge in [-0.1, -0.05) is 48.0 Å². The van der Waals surface area contributed by atoms with Crippen molar-refractivity contribution in [3.63, 3.8) is 0 Å². The van der Waals surface area contributed by atoms with Gasteiger partial charge in [-0.3, -0.25) is 9.59 Å². The summed E-state index contributed by atoms with van der Waals surface area (Å²) in [6.45, 7) is 4.12. The molecule has 35 heavy (non-hydrogen) atoms. The number of halogens is 1. The molecule has 0 bridgehead atoms. The van der Waals surface area contributed by atoms with Gasteiger partial charge in [-0.15, -0.1) is 0 Å². The third-order valence-electron chi connectivity index (χ3n) is 6.95. The van der Waals surface area contributed by atoms with E-state index < -0.39 is 0 Å². The number of aryl methyl sites for hydroxylation is 1. The minimum Gasteiger partial charge on any atom is -0.365 e. The van der Waals surface area contributed by atoms with Gasteiger partial charge in [-0.25, -0.2) is 9.37 Å². The van der Waals surface area contributed by atoms with E-state index >= 15 is 0 Å². The van der Waals surface area contributed by atoms with Crippen LogP contribution in [-0.2, 0) is 29.2 Å². The molecule has 1 saturated heterocycles. The molecule has 0 radical (unpaired) electrons. The number of benzene rings is 2. The number of nitrogens with one attached hydrogen (secondary N) is 1. The first-order valence-corrected chi connectivity index (χ1v) is 12.0. The zero-order chi connectivity index (χ0) is 24.4. The maximum Gasteiger partial charge on any atom is 0.274 e. The molecule has 1 unspecified atom stereocenters. The first-order chi connectivity index (χ1) is 17.0. The standard InChI is InChI=1S/C27H29FN4O3/c1-18-6-8-19(9-7-18)24-15-32-17-30-25(23(32)16-35-24)27(34)31-12-10-20(11-13-31)26(33)29-14-21-4-2-3-5-22(21)28/h2-9,17,20,24H,10-16H2,1H3,(H,29,33). The number of imidazole rings is 1. The molecule has 0 spiro atoms. The molecule has 8 heteroatoms. The van der Waals surface area contributed by atoms with Crippen molar-refractivity contribution in [1.29, 1.82) is 0 Å². The minimum atomic E-state index is -0.328. The van der Waals surface area contributed by atoms with Crippen molar-refractivity contribution in [3.8, 4) is 0 Å². The molecule has 1 N–H and O–H groups in total. The van der Waals surface area contributed by atoms with Gasteiger partial charge in [0.15, 0.2) is 5.69 Å². The first kappa shape index (κ1) is 23.2. The molecule has 1 fully saturated rings. The van der Waals surface area contributed by atoms with E-state index in [2.05, 4.69) is 41.5 Å². The lowest BCUT2D eigenvalue weighted by Gasteiger charge is -2.31. The van der Waals surface area contributed by atoms with E-state index in [4.69, 9.17) is 4.74 Å². The highest BCUT2D eigenvalue weighted by atomic mass is 19.1. The van der Waals surface area contributed by atoms with Gasteiger partial charge in [-0.2, -0.15) is 0 Å². The Labute approximate surface area is 203 Å². The number of rotatable bonds is 5. The van der Waals surface area contributed by atoms with Crippen molar-refractivity contribution in [2.45, 2.75) is 45.6 Å². The van der Waals surface area contributed by atoms with Crippen molar-refractivity contribution >= 4 is 11.8 Å². The van der Waals surface area contributed by atoms with E-state index in [0.717, 1.165) is 11.3 Å². The summed E-state index contributed by atoms with van der Waals surface area (Å²) < 4.78 is 21.9. The quantitative estimate of drug-likeness (QED) is 0.608. The summed E-state index contributed by atoms with van der Waals surface area (Å²) in [6.07, 6.45) is 2.78. The van der Waals surface area contributed by atoms with E-state index in [1.807, 2.05) is 4.57 Å². The third kappa shape index (κ3) is 4.98. The Morgan fingerprint density at radius 2 is 1.86 bits per heavy atom. The van der Waals surface area contributed by atoms with Crippen LogP contribution >= 0.6 is 0 Å². The van der Waals surface area contributed by atoms with Gasteiger partial charge < -0.3 is 19.5 Å². The smallest absolute Gasteiger partial charge is 0.274 e. The largest absolute Gasteiger partial charge is 0.365 e. The van der Waals surface area contributed by atoms with Gasteiger partial charge in [0, 0.05) is 31.1 Å². The maximum absolute atomic E-state index is 13.8. The van der Waals surface area contributed by atoms with E-state index in [0.29, 0.717) is 50.3 Å². The average molecular weight is 477 g/mol. The van der Waals surface area contributed by atoms with Gasteiger partial charge >= 0.3 is 0 Å². The summed E-state index contributed by atoms with van der Waals surface area (Å²) in [4.78, 5) is 32.0. The fraction of sp³-hybridized carbons (Fsp3) is 0.370. The van der Waals surface area contributed by atoms with Crippen LogP contribution in [0.3, 0.4) is 0 Å². The van der Waals surface area contributed by atoms with Crippen molar-refractivity contribution in [1.82, 2.24) is 19.8 Å². The van der Waals surface area contributed by atoms with Gasteiger partial charge in [0.2, 0.25) is 5.91 Å². The number of amides is 2. The summed E-state index contributed by atoms with van der Waals surface area (Å²) in [5.74, 6) is -0.747. The molecule has 0 saturated carbocycles. The number of nitrogens with zero attached hydrogens (tertiary/aromatic N) is 3. The fourth-order valence-corrected chi connectivity index (χ4v) is 4.75. The van der Waals surface area contributed by atoms with Crippen LogP contribution < -0.4 is 5.32 Å². The SMILES string of the molecule is Cc1ccc(C2Cn3cnc(C(=O)N4CCC(C(=O)NCc5ccccc5F)CC4)c3CO2)cc1. The van der Waals surface area contributed by atoms with Crippen molar-refractivity contribution < 1.29 is 18.7 Å². The van der Waals surface area contributed by atoms with Crippen molar-refractivity contribution in [2.24, 2.45) is 5.92 Å². The van der Waals surface area contributed by atoms with E-state index in [-0.39, 0.29) is 36.2 Å². The molecule has 3 heterocycles. The molecule has 1 atom stereocenters. The number of likely N-dealkylation sites (tertiary alicyclic amines) is 1. The molecule has 2 amide bonds. The predicted molar refractivity (Wildman–Crippen MR) is 128 cm³/mol. The molecule has 1 aromatic heterocycles. The normalized spacial score (nSPS) is 18.2. The second kappa shape index (κ2) is 10.00. The average Bonchev–Trinajstić information content (AvgIpc) is 3.31. The fourth-order valence-electron chi connectivity index (χ4n) is 4.75. The Balaban J connectivity index is 1.16. The number of carbonyl (C=O) groups excluding carboxylic acids is 2. The predicted octanol–water partition coefficient (Wildman–Crippen LogP) is 3.77. The zero-order valence-electron chi connectivity index (χ0n) is 19.7. The number of fused-ring (bicyclic) bond motifs is 1. The molecule has 5 rings (SSSR count). The van der Waals surface area contributed by atoms with Crippen LogP contribution in [0, 0.1) is 18.7 Å². The summed E-state index contributed by atoms with van der Waals surface area (Å²) in [7, 11) is 0. The Morgan fingerprint density at radius 1 is 1.11 bits per heavy atom. The summed E-state index contributed by atoms with van der Waals surface area (Å²) >= 11 is 0. The van der Waals surface area contributed by atoms with Crippen LogP contribution in [0.2, 0.25) is 0 Å². The second-order valence-electron chi connectivity index (χ2n) is 9.28. The number of piperidine rings is 1. The number of ether oxygens (including phenoxy) is 1. The Kier molecular flexibility index (Phi) is 6.63. The van der Waals surface area contributed by atoms with E-state index in [1.165, 1.54) is 11.6 Å². The monoisotopic (exact) mass is 476 g/mol. The van der Waals surface area contributed by atoms with Crippen LogP contribution in [0.15, 0.2) is 54.9 Å². The maximum atomic E-state index is 13.8. The first-order valence-electron chi connectivity index (χ1n) is 12.0. The summed E-state index contributed by atoms with van der Waals surface area (Å²) in [5.41, 5.74) is 3.99. The Hall–Kier alpha value is -3.52. The third-order valence-corrected chi connectivity index (χ3v) is 6.95. The van der Waals surface area contributed by atoms with E-state index in [9.17, 15) is 14.0 Å². The molecule has 7 nitrogen and oxygen atoms in total. The molecule has 0 aliphatic carbocycles. The molecule has 2 aliphatic heterocycles. The molecule has 2 aromatic carbocycles. The highest BCUT2D eigenvalue weighted by Gasteiger charge is 2.32. The molecule has 2 aliphatic rings. The van der Waals surface area contributed by atoms with Crippen LogP contribution in [0.5, 0.6) is 0 Å². The van der Waals surface area contributed by atoms with Crippen LogP contribution in [-0.4, -0.2) is 39.4 Å². The summed E-state index contributed by atoms with van der Waals surface area (Å²) in [5, 5.41) is 2.83. The lowest BCUT2D eigenvalue weighted by molar-refractivity contribution is -0.126. The van der Waals surface area contributed by atoms with E-state index in [1.54, 1.807) is 29.4 Å². The number of aromatic nitrogens is 2. The molecule has 182 valence electrons. The minimum absolute atomic E-state index is 0.0705. The lowest BCUT2D eigenvalue weighted by atomic mass is 9.95. The molecular formula is C27H29FN4O3. The van der Waals surface area contributed by atoms with Crippen LogP contribution in [0.1, 0.15) is 51.8 Å². The van der Waals surface area contributed by atoms with Crippen molar-refractivity contribution in [2.75, 3.05) is 13.1 Å². The van der Waals surface area contributed by atoms with Crippen LogP contribution in [0.25, 0.3) is 0 Å². The lowest BCUT2D eigenvalue weighted by Crippen LogP contribution is -2.43. The Morgan fingerprint density at radius 3 is 2.60 bits per heavy atom. The van der Waals surface area contributed by atoms with Crippen molar-refractivity contribution in [3.05, 3.63) is 88.8 Å². The zero-order valence-corrected chi connectivity index (χ0v) is 19.7. The highest BCUT2D eigenvalue weighted by Crippen LogP contribution is 2.29. The number of carbonyl (C=O) groups is 2. The molecular weight excluding hydrogens is 447 g/mol. The Bertz CT molecular complexity index is 1220. The van der Waals surface area contributed by atoms with Gasteiger partial charge in [0.1, 0.15) is 11.9 Å². The number of hydrogen-bond acceptors (Lipinski definition) is 4. The number of hydrogen-bond donors (Lipinski definition) is 1. The highest BCUT2D eigenvalue weighted by molar-refractivity contribution is 5.93. The summed E-state index contributed by atoms with van der Waals surface area (Å²) in [6, 6.07) is 14.7. The van der Waals surface area contributed by atoms with Gasteiger partial charge in [0.05, 0.1) is 25.2 Å².